The molecule has 4 unspecified atom stereocenters. The fourth-order valence-corrected chi connectivity index (χ4v) is 4.63. The van der Waals surface area contributed by atoms with E-state index in [0.717, 1.165) is 29.6 Å². The first-order valence-electron chi connectivity index (χ1n) is 12.6. The summed E-state index contributed by atoms with van der Waals surface area (Å²) >= 11 is 11.7. The summed E-state index contributed by atoms with van der Waals surface area (Å²) < 4.78 is 0. The number of aliphatic hydroxyl groups is 2. The third-order valence-corrected chi connectivity index (χ3v) is 6.54. The minimum Gasteiger partial charge on any atom is -0.394 e. The van der Waals surface area contributed by atoms with Gasteiger partial charge >= 0.3 is 0 Å². The van der Waals surface area contributed by atoms with Crippen molar-refractivity contribution in [2.24, 2.45) is 11.3 Å². The lowest BCUT2D eigenvalue weighted by atomic mass is 9.79. The number of hydrogen-bond donors (Lipinski definition) is 3. The van der Waals surface area contributed by atoms with Crippen LogP contribution in [0.25, 0.3) is 0 Å². The fourth-order valence-electron chi connectivity index (χ4n) is 4.28. The van der Waals surface area contributed by atoms with Crippen LogP contribution in [0.2, 0.25) is 10.0 Å². The van der Waals surface area contributed by atoms with Gasteiger partial charge in [-0.1, -0.05) is 81.2 Å². The number of nitriles is 1. The van der Waals surface area contributed by atoms with Gasteiger partial charge in [0, 0.05) is 35.1 Å². The molecule has 0 aliphatic carbocycles. The van der Waals surface area contributed by atoms with E-state index < -0.39 is 6.10 Å². The first-order valence-corrected chi connectivity index (χ1v) is 13.4. The molecule has 0 saturated carbocycles. The molecule has 0 spiro atoms. The van der Waals surface area contributed by atoms with Crippen LogP contribution < -0.4 is 5.32 Å². The minimum absolute atomic E-state index is 0.0441. The third kappa shape index (κ3) is 12.8. The highest BCUT2D eigenvalue weighted by atomic mass is 35.5. The number of halogens is 2. The second-order valence-corrected chi connectivity index (χ2v) is 11.1. The Morgan fingerprint density at radius 3 is 2.27 bits per heavy atom. The number of likely N-dealkylation sites (N-methyl/N-ethyl adjacent to an activating group) is 1. The number of aliphatic hydroxyl groups excluding tert-OH is 2. The Bertz CT molecular complexity index is 947. The summed E-state index contributed by atoms with van der Waals surface area (Å²) in [5.41, 5.74) is 1.43. The van der Waals surface area contributed by atoms with Gasteiger partial charge in [-0.05, 0) is 54.6 Å². The van der Waals surface area contributed by atoms with Crippen LogP contribution in [-0.4, -0.2) is 59.9 Å². The quantitative estimate of drug-likeness (QED) is 0.297. The van der Waals surface area contributed by atoms with Gasteiger partial charge < -0.3 is 15.5 Å². The standard InChI is InChI=1S/C18H25ClN2.C6H5Cl.C5H11NO3/c1-5-21-12-16(13-7-6-8-14(19)9-13)15(11-20)17(21)10-18(2,3)4;7-6-4-2-1-3-5-6;7-3-5(9)1-2-6-4-8/h6-9,15-17H,5,10,12H2,1-4H3;1-5H;4-5,7,9H,1-3H2,(H,6,8). The van der Waals surface area contributed by atoms with Gasteiger partial charge in [0.1, 0.15) is 0 Å². The lowest BCUT2D eigenvalue weighted by Gasteiger charge is -2.31. The van der Waals surface area contributed by atoms with Crippen molar-refractivity contribution in [3.8, 4) is 6.07 Å². The molecule has 3 N–H and O–H groups in total. The van der Waals surface area contributed by atoms with Gasteiger partial charge in [0.25, 0.3) is 0 Å². The number of carbonyl (C=O) groups excluding carboxylic acids is 1. The molecule has 1 aliphatic heterocycles. The number of rotatable bonds is 8. The molecule has 0 bridgehead atoms. The second-order valence-electron chi connectivity index (χ2n) is 10.2. The molecular formula is C29H41Cl2N3O3. The summed E-state index contributed by atoms with van der Waals surface area (Å²) in [5, 5.41) is 30.6. The Morgan fingerprint density at radius 1 is 1.16 bits per heavy atom. The molecule has 6 nitrogen and oxygen atoms in total. The van der Waals surface area contributed by atoms with Crippen LogP contribution in [0.4, 0.5) is 0 Å². The van der Waals surface area contributed by atoms with Gasteiger partial charge in [0.2, 0.25) is 6.41 Å². The zero-order valence-electron chi connectivity index (χ0n) is 22.3. The van der Waals surface area contributed by atoms with Crippen LogP contribution in [0.15, 0.2) is 54.6 Å². The summed E-state index contributed by atoms with van der Waals surface area (Å²) in [4.78, 5) is 12.1. The Kier molecular flexibility index (Phi) is 15.5. The zero-order valence-corrected chi connectivity index (χ0v) is 23.8. The van der Waals surface area contributed by atoms with Gasteiger partial charge in [0.05, 0.1) is 24.7 Å². The second kappa shape index (κ2) is 17.4. The van der Waals surface area contributed by atoms with Crippen molar-refractivity contribution in [1.29, 1.82) is 5.26 Å². The van der Waals surface area contributed by atoms with Crippen LogP contribution in [0, 0.1) is 22.7 Å². The van der Waals surface area contributed by atoms with E-state index >= 15 is 0 Å². The van der Waals surface area contributed by atoms with Crippen LogP contribution in [0.3, 0.4) is 0 Å². The maximum atomic E-state index is 9.74. The molecule has 1 aliphatic rings. The van der Waals surface area contributed by atoms with E-state index in [0.29, 0.717) is 25.4 Å². The van der Waals surface area contributed by atoms with E-state index in [4.69, 9.17) is 33.4 Å². The van der Waals surface area contributed by atoms with E-state index in [9.17, 15) is 10.1 Å². The van der Waals surface area contributed by atoms with Crippen molar-refractivity contribution in [1.82, 2.24) is 10.2 Å². The van der Waals surface area contributed by atoms with Gasteiger partial charge in [-0.2, -0.15) is 5.26 Å². The molecule has 1 amide bonds. The highest BCUT2D eigenvalue weighted by Gasteiger charge is 2.43. The van der Waals surface area contributed by atoms with Gasteiger partial charge in [-0.25, -0.2) is 0 Å². The molecule has 2 aromatic carbocycles. The predicted molar refractivity (Wildman–Crippen MR) is 152 cm³/mol. The Hall–Kier alpha value is -2.14. The molecule has 204 valence electrons. The smallest absolute Gasteiger partial charge is 0.207 e. The average Bonchev–Trinajstić information content (AvgIpc) is 3.21. The highest BCUT2D eigenvalue weighted by Crippen LogP contribution is 2.41. The number of likely N-dealkylation sites (tertiary alicyclic amines) is 1. The number of hydrogen-bond acceptors (Lipinski definition) is 5. The van der Waals surface area contributed by atoms with E-state index in [1.165, 1.54) is 5.56 Å². The monoisotopic (exact) mass is 549 g/mol. The number of amides is 1. The molecule has 1 fully saturated rings. The van der Waals surface area contributed by atoms with E-state index in [-0.39, 0.29) is 23.9 Å². The van der Waals surface area contributed by atoms with Gasteiger partial charge in [-0.3, -0.25) is 9.69 Å². The van der Waals surface area contributed by atoms with Crippen molar-refractivity contribution in [3.63, 3.8) is 0 Å². The topological polar surface area (TPSA) is 96.6 Å². The van der Waals surface area contributed by atoms with Crippen molar-refractivity contribution in [2.75, 3.05) is 26.2 Å². The fraction of sp³-hybridized carbons (Fsp3) is 0.517. The maximum absolute atomic E-state index is 9.74. The molecular weight excluding hydrogens is 509 g/mol. The summed E-state index contributed by atoms with van der Waals surface area (Å²) in [5.74, 6) is 0.309. The number of nitrogens with one attached hydrogen (secondary N) is 1. The first kappa shape index (κ1) is 32.9. The van der Waals surface area contributed by atoms with E-state index in [1.807, 2.05) is 48.5 Å². The van der Waals surface area contributed by atoms with Crippen molar-refractivity contribution >= 4 is 29.6 Å². The minimum atomic E-state index is -0.711. The summed E-state index contributed by atoms with van der Waals surface area (Å²) in [7, 11) is 0. The summed E-state index contributed by atoms with van der Waals surface area (Å²) in [6, 6.07) is 20.4. The number of nitrogens with zero attached hydrogens (tertiary/aromatic N) is 2. The molecule has 1 heterocycles. The summed E-state index contributed by atoms with van der Waals surface area (Å²) in [6.45, 7) is 11.0. The van der Waals surface area contributed by atoms with Crippen LogP contribution in [0.1, 0.15) is 52.0 Å². The Labute approximate surface area is 232 Å². The lowest BCUT2D eigenvalue weighted by Crippen LogP contribution is -2.35. The van der Waals surface area contributed by atoms with Crippen molar-refractivity contribution in [3.05, 3.63) is 70.2 Å². The first-order chi connectivity index (χ1) is 17.6. The molecule has 1 saturated heterocycles. The zero-order chi connectivity index (χ0) is 27.8. The normalized spacial score (nSPS) is 19.9. The maximum Gasteiger partial charge on any atom is 0.207 e. The molecule has 0 aromatic heterocycles. The molecule has 2 aromatic rings. The SMILES string of the molecule is CCN1CC(c2cccc(Cl)c2)C(C#N)C1CC(C)(C)C.Clc1ccccc1.O=CNCCC(O)CO. The third-order valence-electron chi connectivity index (χ3n) is 6.05. The van der Waals surface area contributed by atoms with Gasteiger partial charge in [-0.15, -0.1) is 0 Å². The largest absolute Gasteiger partial charge is 0.394 e. The Morgan fingerprint density at radius 2 is 1.81 bits per heavy atom. The molecule has 3 rings (SSSR count). The van der Waals surface area contributed by atoms with Gasteiger partial charge in [0.15, 0.2) is 0 Å². The van der Waals surface area contributed by atoms with Crippen LogP contribution in [-0.2, 0) is 4.79 Å². The molecule has 4 atom stereocenters. The molecule has 37 heavy (non-hydrogen) atoms. The highest BCUT2D eigenvalue weighted by molar-refractivity contribution is 6.30. The lowest BCUT2D eigenvalue weighted by molar-refractivity contribution is -0.109. The van der Waals surface area contributed by atoms with E-state index in [1.54, 1.807) is 0 Å². The van der Waals surface area contributed by atoms with Crippen molar-refractivity contribution < 1.29 is 15.0 Å². The number of carbonyl (C=O) groups is 1. The van der Waals surface area contributed by atoms with Crippen molar-refractivity contribution in [2.45, 2.75) is 58.6 Å². The van der Waals surface area contributed by atoms with Crippen LogP contribution in [0.5, 0.6) is 0 Å². The van der Waals surface area contributed by atoms with Crippen LogP contribution >= 0.6 is 23.2 Å². The molecule has 8 heteroatoms. The summed E-state index contributed by atoms with van der Waals surface area (Å²) in [6.07, 6.45) is 1.30. The Balaban J connectivity index is 0.000000350. The predicted octanol–water partition coefficient (Wildman–Crippen LogP) is 5.52. The van der Waals surface area contributed by atoms with E-state index in [2.05, 4.69) is 50.0 Å². The molecule has 0 radical (unpaired) electrons. The number of benzene rings is 2. The average molecular weight is 551 g/mol.